The molecule has 0 aliphatic heterocycles. The lowest BCUT2D eigenvalue weighted by Gasteiger charge is -2.23. The first-order valence-electron chi connectivity index (χ1n) is 9.52. The molecular weight excluding hydrogens is 442 g/mol. The van der Waals surface area contributed by atoms with E-state index in [1.165, 1.54) is 24.3 Å². The molecule has 14 heteroatoms. The second kappa shape index (κ2) is 12.6. The highest BCUT2D eigenvalue weighted by atomic mass is 16.4. The molecule has 0 radical (unpaired) electrons. The number of rotatable bonds is 13. The number of hydrogen-bond donors (Lipinski definition) is 8. The van der Waals surface area contributed by atoms with E-state index in [-0.39, 0.29) is 12.2 Å². The van der Waals surface area contributed by atoms with E-state index in [0.717, 1.165) is 0 Å². The highest BCUT2D eigenvalue weighted by molar-refractivity contribution is 5.96. The Morgan fingerprint density at radius 1 is 0.818 bits per heavy atom. The fraction of sp³-hybridized carbons (Fsp3) is 0.368. The van der Waals surface area contributed by atoms with Gasteiger partial charge in [-0.15, -0.1) is 0 Å². The number of carbonyl (C=O) groups is 6. The van der Waals surface area contributed by atoms with Gasteiger partial charge >= 0.3 is 11.9 Å². The Hall–Kier alpha value is -4.20. The van der Waals surface area contributed by atoms with Crippen molar-refractivity contribution < 1.29 is 44.1 Å². The molecule has 0 heterocycles. The molecule has 33 heavy (non-hydrogen) atoms. The van der Waals surface area contributed by atoms with Gasteiger partial charge in [-0.05, 0) is 17.7 Å². The van der Waals surface area contributed by atoms with Crippen molar-refractivity contribution in [3.63, 3.8) is 0 Å². The van der Waals surface area contributed by atoms with Crippen LogP contribution in [0.25, 0.3) is 0 Å². The van der Waals surface area contributed by atoms with E-state index in [1.54, 1.807) is 0 Å². The number of carboxylic acid groups (broad SMARTS) is 2. The number of aromatic hydroxyl groups is 1. The minimum atomic E-state index is -1.54. The minimum Gasteiger partial charge on any atom is -0.508 e. The summed E-state index contributed by atoms with van der Waals surface area (Å²) >= 11 is 0. The molecular formula is C19H25N5O9. The van der Waals surface area contributed by atoms with Gasteiger partial charge < -0.3 is 42.7 Å². The molecule has 1 aromatic rings. The number of benzene rings is 1. The Morgan fingerprint density at radius 2 is 1.39 bits per heavy atom. The van der Waals surface area contributed by atoms with Gasteiger partial charge in [-0.1, -0.05) is 12.1 Å². The smallest absolute Gasteiger partial charge is 0.322 e. The normalized spacial score (nSPS) is 13.1. The number of nitrogens with two attached hydrogens (primary N) is 2. The predicted molar refractivity (Wildman–Crippen MR) is 110 cm³/mol. The lowest BCUT2D eigenvalue weighted by atomic mass is 10.0. The maximum Gasteiger partial charge on any atom is 0.322 e. The van der Waals surface area contributed by atoms with Crippen LogP contribution in [0, 0.1) is 0 Å². The number of aliphatic carboxylic acids is 2. The van der Waals surface area contributed by atoms with E-state index < -0.39 is 73.1 Å². The highest BCUT2D eigenvalue weighted by Gasteiger charge is 2.30. The third kappa shape index (κ3) is 10.1. The number of hydrogen-bond acceptors (Lipinski definition) is 8. The van der Waals surface area contributed by atoms with E-state index in [2.05, 4.69) is 10.6 Å². The first-order chi connectivity index (χ1) is 15.4. The zero-order chi connectivity index (χ0) is 25.1. The second-order valence-corrected chi connectivity index (χ2v) is 6.98. The molecule has 0 aliphatic carbocycles. The van der Waals surface area contributed by atoms with Crippen molar-refractivity contribution in [1.29, 1.82) is 0 Å². The zero-order valence-corrected chi connectivity index (χ0v) is 17.3. The Labute approximate surface area is 187 Å². The van der Waals surface area contributed by atoms with Gasteiger partial charge in [-0.3, -0.25) is 28.8 Å². The number of primary amides is 1. The monoisotopic (exact) mass is 467 g/mol. The fourth-order valence-corrected chi connectivity index (χ4v) is 2.61. The van der Waals surface area contributed by atoms with Crippen LogP contribution in [0.3, 0.4) is 0 Å². The van der Waals surface area contributed by atoms with E-state index in [9.17, 15) is 33.9 Å². The van der Waals surface area contributed by atoms with Gasteiger partial charge in [0.1, 0.15) is 24.4 Å². The molecule has 1 aromatic carbocycles. The Kier molecular flexibility index (Phi) is 10.3. The molecule has 0 saturated carbocycles. The molecule has 3 unspecified atom stereocenters. The number of nitrogens with one attached hydrogen (secondary N) is 3. The lowest BCUT2D eigenvalue weighted by Crippen LogP contribution is -2.57. The van der Waals surface area contributed by atoms with Crippen molar-refractivity contribution in [2.24, 2.45) is 11.5 Å². The molecule has 0 aliphatic rings. The van der Waals surface area contributed by atoms with Crippen LogP contribution >= 0.6 is 0 Å². The highest BCUT2D eigenvalue weighted by Crippen LogP contribution is 2.12. The predicted octanol–water partition coefficient (Wildman–Crippen LogP) is -3.22. The van der Waals surface area contributed by atoms with Crippen molar-refractivity contribution in [2.45, 2.75) is 37.4 Å². The molecule has 0 spiro atoms. The number of phenols is 1. The van der Waals surface area contributed by atoms with Crippen LogP contribution in [0.1, 0.15) is 18.4 Å². The van der Waals surface area contributed by atoms with Gasteiger partial charge in [0.05, 0.1) is 18.9 Å². The van der Waals surface area contributed by atoms with Crippen LogP contribution in [-0.4, -0.2) is 75.6 Å². The maximum atomic E-state index is 12.8. The molecule has 1 rings (SSSR count). The topological polar surface area (TPSA) is 251 Å². The summed E-state index contributed by atoms with van der Waals surface area (Å²) in [4.78, 5) is 70.1. The summed E-state index contributed by atoms with van der Waals surface area (Å²) in [5, 5.41) is 33.4. The van der Waals surface area contributed by atoms with Gasteiger partial charge in [0.15, 0.2) is 0 Å². The molecule has 10 N–H and O–H groups in total. The largest absolute Gasteiger partial charge is 0.508 e. The van der Waals surface area contributed by atoms with E-state index in [4.69, 9.17) is 21.7 Å². The minimum absolute atomic E-state index is 0.0520. The molecule has 3 atom stereocenters. The van der Waals surface area contributed by atoms with Crippen LogP contribution in [-0.2, 0) is 35.2 Å². The second-order valence-electron chi connectivity index (χ2n) is 6.98. The van der Waals surface area contributed by atoms with Gasteiger partial charge in [0.25, 0.3) is 0 Å². The molecule has 4 amide bonds. The van der Waals surface area contributed by atoms with E-state index >= 15 is 0 Å². The van der Waals surface area contributed by atoms with Crippen LogP contribution in [0.2, 0.25) is 0 Å². The Balaban J connectivity index is 3.07. The lowest BCUT2D eigenvalue weighted by molar-refractivity contribution is -0.139. The molecule has 0 fully saturated rings. The van der Waals surface area contributed by atoms with E-state index in [0.29, 0.717) is 5.56 Å². The average molecular weight is 467 g/mol. The summed E-state index contributed by atoms with van der Waals surface area (Å²) in [6.07, 6.45) is -1.52. The summed E-state index contributed by atoms with van der Waals surface area (Å²) in [7, 11) is 0. The molecule has 180 valence electrons. The van der Waals surface area contributed by atoms with Gasteiger partial charge in [0, 0.05) is 6.42 Å². The van der Waals surface area contributed by atoms with Crippen molar-refractivity contribution in [1.82, 2.24) is 16.0 Å². The fourth-order valence-electron chi connectivity index (χ4n) is 2.61. The number of amides is 4. The first kappa shape index (κ1) is 26.8. The van der Waals surface area contributed by atoms with Crippen molar-refractivity contribution in [3.8, 4) is 5.75 Å². The average Bonchev–Trinajstić information content (AvgIpc) is 2.71. The van der Waals surface area contributed by atoms with Crippen molar-refractivity contribution >= 4 is 35.6 Å². The zero-order valence-electron chi connectivity index (χ0n) is 17.3. The number of carbonyl (C=O) groups excluding carboxylic acids is 4. The van der Waals surface area contributed by atoms with Crippen LogP contribution in [0.4, 0.5) is 0 Å². The molecule has 0 saturated heterocycles. The summed E-state index contributed by atoms with van der Waals surface area (Å²) in [5.41, 5.74) is 11.1. The Bertz CT molecular complexity index is 903. The van der Waals surface area contributed by atoms with Crippen LogP contribution in [0.15, 0.2) is 24.3 Å². The first-order valence-corrected chi connectivity index (χ1v) is 9.52. The number of phenolic OH excluding ortho intramolecular Hbond substituents is 1. The third-order valence-corrected chi connectivity index (χ3v) is 4.19. The molecule has 0 aromatic heterocycles. The van der Waals surface area contributed by atoms with Gasteiger partial charge in [0.2, 0.25) is 23.6 Å². The summed E-state index contributed by atoms with van der Waals surface area (Å²) in [5.74, 6) is -6.63. The number of carboxylic acids is 2. The van der Waals surface area contributed by atoms with Gasteiger partial charge in [-0.25, -0.2) is 0 Å². The third-order valence-electron chi connectivity index (χ3n) is 4.19. The summed E-state index contributed by atoms with van der Waals surface area (Å²) in [6.45, 7) is -0.776. The molecule has 0 bridgehead atoms. The van der Waals surface area contributed by atoms with Crippen LogP contribution in [0.5, 0.6) is 5.75 Å². The summed E-state index contributed by atoms with van der Waals surface area (Å²) < 4.78 is 0. The quantitative estimate of drug-likeness (QED) is 0.144. The molecule has 14 nitrogen and oxygen atoms in total. The van der Waals surface area contributed by atoms with E-state index in [1.807, 2.05) is 5.32 Å². The van der Waals surface area contributed by atoms with Crippen molar-refractivity contribution in [2.75, 3.05) is 6.54 Å². The SMILES string of the molecule is NC(=O)CC(NC(=O)C(Cc1ccc(O)cc1)NC(=O)C(N)CC(=O)O)C(=O)NCC(=O)O. The maximum absolute atomic E-state index is 12.8. The van der Waals surface area contributed by atoms with Crippen molar-refractivity contribution in [3.05, 3.63) is 29.8 Å². The van der Waals surface area contributed by atoms with Crippen LogP contribution < -0.4 is 27.4 Å². The Morgan fingerprint density at radius 3 is 1.91 bits per heavy atom. The standard InChI is InChI=1S/C19H25N5O9/c20-11(6-15(27)28)17(31)23-12(5-9-1-3-10(25)4-2-9)19(33)24-13(7-14(21)26)18(32)22-8-16(29)30/h1-4,11-13,25H,5-8,20H2,(H2,21,26)(H,22,32)(H,23,31)(H,24,33)(H,27,28)(H,29,30). The van der Waals surface area contributed by atoms with Gasteiger partial charge in [-0.2, -0.15) is 0 Å². The summed E-state index contributed by atoms with van der Waals surface area (Å²) in [6, 6.07) is 1.19.